The van der Waals surface area contributed by atoms with E-state index in [-0.39, 0.29) is 0 Å². The molecule has 0 aromatic carbocycles. The van der Waals surface area contributed by atoms with Gasteiger partial charge in [-0.2, -0.15) is 0 Å². The van der Waals surface area contributed by atoms with Crippen LogP contribution in [0.4, 0.5) is 0 Å². The summed E-state index contributed by atoms with van der Waals surface area (Å²) in [6.45, 7) is 5.45. The van der Waals surface area contributed by atoms with Crippen LogP contribution in [-0.4, -0.2) is 14.0 Å². The molecule has 0 aliphatic rings. The molecule has 1 N–H and O–H groups in total. The minimum absolute atomic E-state index is 1.10. The molecule has 0 unspecified atom stereocenters. The standard InChI is InChI=1S/C4H12BN/c1-3-4-6-5-2/h5-6H,3-4H2,1-2H3. The summed E-state index contributed by atoms with van der Waals surface area (Å²) in [5.74, 6) is 0. The molecule has 0 amide bonds. The van der Waals surface area contributed by atoms with Crippen LogP contribution in [0.3, 0.4) is 0 Å². The molecule has 0 fully saturated rings. The Kier molecular flexibility index (Phi) is 5.05. The molecule has 6 heavy (non-hydrogen) atoms. The fraction of sp³-hybridized carbons (Fsp3) is 1.00. The molecule has 0 heterocycles. The van der Waals surface area contributed by atoms with Crippen molar-refractivity contribution in [2.24, 2.45) is 0 Å². The highest BCUT2D eigenvalue weighted by molar-refractivity contribution is 6.29. The van der Waals surface area contributed by atoms with E-state index in [4.69, 9.17) is 0 Å². The van der Waals surface area contributed by atoms with Gasteiger partial charge < -0.3 is 5.23 Å². The van der Waals surface area contributed by atoms with Crippen molar-refractivity contribution in [1.82, 2.24) is 5.23 Å². The average Bonchev–Trinajstić information content (AvgIpc) is 1.61. The van der Waals surface area contributed by atoms with Crippen LogP contribution in [0.1, 0.15) is 13.3 Å². The van der Waals surface area contributed by atoms with E-state index >= 15 is 0 Å². The van der Waals surface area contributed by atoms with E-state index in [9.17, 15) is 0 Å². The van der Waals surface area contributed by atoms with Gasteiger partial charge in [-0.15, -0.1) is 0 Å². The highest BCUT2D eigenvalue weighted by Gasteiger charge is 1.74. The Morgan fingerprint density at radius 1 is 1.67 bits per heavy atom. The van der Waals surface area contributed by atoms with Crippen molar-refractivity contribution in [2.75, 3.05) is 6.54 Å². The predicted molar refractivity (Wildman–Crippen MR) is 31.3 cm³/mol. The van der Waals surface area contributed by atoms with Gasteiger partial charge in [0.15, 0.2) is 7.41 Å². The Bertz CT molecular complexity index is 19.5. The first-order valence-electron chi connectivity index (χ1n) is 2.62. The number of hydrogen-bond donors (Lipinski definition) is 1. The molecule has 0 atom stereocenters. The second kappa shape index (κ2) is 5.02. The van der Waals surface area contributed by atoms with Gasteiger partial charge in [-0.1, -0.05) is 13.7 Å². The molecule has 0 bridgehead atoms. The van der Waals surface area contributed by atoms with Crippen LogP contribution >= 0.6 is 0 Å². The molecule has 0 aromatic heterocycles. The van der Waals surface area contributed by atoms with Gasteiger partial charge in [-0.3, -0.25) is 0 Å². The molecule has 0 aromatic rings. The van der Waals surface area contributed by atoms with E-state index in [1.165, 1.54) is 6.42 Å². The van der Waals surface area contributed by atoms with Gasteiger partial charge in [0.25, 0.3) is 0 Å². The third-order valence-corrected chi connectivity index (χ3v) is 0.677. The Balaban J connectivity index is 2.34. The predicted octanol–water partition coefficient (Wildman–Crippen LogP) is 0.386. The zero-order chi connectivity index (χ0) is 4.83. The minimum Gasteiger partial charge on any atom is -0.359 e. The number of hydrogen-bond acceptors (Lipinski definition) is 1. The van der Waals surface area contributed by atoms with Crippen LogP contribution in [-0.2, 0) is 0 Å². The van der Waals surface area contributed by atoms with Crippen molar-refractivity contribution >= 4 is 7.41 Å². The molecule has 0 rings (SSSR count). The van der Waals surface area contributed by atoms with Gasteiger partial charge in [0.05, 0.1) is 0 Å². The van der Waals surface area contributed by atoms with Crippen LogP contribution in [0.5, 0.6) is 0 Å². The normalized spacial score (nSPS) is 8.33. The van der Waals surface area contributed by atoms with Crippen LogP contribution in [0.25, 0.3) is 0 Å². The van der Waals surface area contributed by atoms with Gasteiger partial charge in [-0.05, 0) is 13.0 Å². The van der Waals surface area contributed by atoms with Crippen LogP contribution in [0.15, 0.2) is 0 Å². The minimum atomic E-state index is 1.10. The molecule has 0 saturated heterocycles. The molecule has 0 aliphatic heterocycles. The van der Waals surface area contributed by atoms with Crippen LogP contribution in [0, 0.1) is 0 Å². The van der Waals surface area contributed by atoms with E-state index < -0.39 is 0 Å². The first-order valence-corrected chi connectivity index (χ1v) is 2.62. The summed E-state index contributed by atoms with van der Waals surface area (Å²) in [5, 5.41) is 3.20. The molecule has 0 aliphatic carbocycles. The van der Waals surface area contributed by atoms with Gasteiger partial charge in [0.2, 0.25) is 0 Å². The maximum absolute atomic E-state index is 3.20. The van der Waals surface area contributed by atoms with Crippen molar-refractivity contribution in [3.05, 3.63) is 0 Å². The van der Waals surface area contributed by atoms with Gasteiger partial charge >= 0.3 is 0 Å². The van der Waals surface area contributed by atoms with Crippen molar-refractivity contribution in [3.63, 3.8) is 0 Å². The van der Waals surface area contributed by atoms with Crippen molar-refractivity contribution < 1.29 is 0 Å². The molecular weight excluding hydrogens is 72.9 g/mol. The Hall–Kier alpha value is 0.0249. The third-order valence-electron chi connectivity index (χ3n) is 0.677. The summed E-state index contributed by atoms with van der Waals surface area (Å²) in [7, 11) is 1.10. The largest absolute Gasteiger partial charge is 0.359 e. The second-order valence-corrected chi connectivity index (χ2v) is 1.35. The zero-order valence-corrected chi connectivity index (χ0v) is 4.62. The first kappa shape index (κ1) is 6.02. The summed E-state index contributed by atoms with van der Waals surface area (Å²) in [4.78, 5) is 0. The zero-order valence-electron chi connectivity index (χ0n) is 4.62. The summed E-state index contributed by atoms with van der Waals surface area (Å²) in [6.07, 6.45) is 1.24. The summed E-state index contributed by atoms with van der Waals surface area (Å²) in [6, 6.07) is 0. The molecule has 0 radical (unpaired) electrons. The Morgan fingerprint density at radius 3 is 2.50 bits per heavy atom. The Labute approximate surface area is 40.4 Å². The molecule has 36 valence electrons. The van der Waals surface area contributed by atoms with E-state index in [1.807, 2.05) is 0 Å². The average molecular weight is 85.0 g/mol. The molecular formula is C4H12BN. The first-order chi connectivity index (χ1) is 2.91. The fourth-order valence-corrected chi connectivity index (χ4v) is 0.354. The second-order valence-electron chi connectivity index (χ2n) is 1.35. The van der Waals surface area contributed by atoms with Gasteiger partial charge in [0.1, 0.15) is 0 Å². The van der Waals surface area contributed by atoms with Crippen molar-refractivity contribution in [3.8, 4) is 0 Å². The van der Waals surface area contributed by atoms with E-state index in [0.29, 0.717) is 0 Å². The maximum Gasteiger partial charge on any atom is 0.197 e. The number of rotatable bonds is 3. The molecule has 1 nitrogen and oxygen atoms in total. The number of nitrogens with one attached hydrogen (secondary N) is 1. The van der Waals surface area contributed by atoms with Crippen LogP contribution in [0.2, 0.25) is 6.82 Å². The molecule has 0 spiro atoms. The monoisotopic (exact) mass is 85.1 g/mol. The van der Waals surface area contributed by atoms with E-state index in [0.717, 1.165) is 14.0 Å². The highest BCUT2D eigenvalue weighted by atomic mass is 14.7. The molecule has 0 saturated carbocycles. The third kappa shape index (κ3) is 4.02. The lowest BCUT2D eigenvalue weighted by molar-refractivity contribution is 0.862. The highest BCUT2D eigenvalue weighted by Crippen LogP contribution is 1.64. The van der Waals surface area contributed by atoms with Gasteiger partial charge in [-0.25, -0.2) is 0 Å². The summed E-state index contributed by atoms with van der Waals surface area (Å²) in [5.41, 5.74) is 0. The quantitative estimate of drug-likeness (QED) is 0.386. The Morgan fingerprint density at radius 2 is 2.33 bits per heavy atom. The van der Waals surface area contributed by atoms with E-state index in [2.05, 4.69) is 19.0 Å². The summed E-state index contributed by atoms with van der Waals surface area (Å²) < 4.78 is 0. The van der Waals surface area contributed by atoms with Crippen molar-refractivity contribution in [2.45, 2.75) is 20.2 Å². The van der Waals surface area contributed by atoms with E-state index in [1.54, 1.807) is 0 Å². The SMILES string of the molecule is CBNCCC. The molecule has 2 heteroatoms. The topological polar surface area (TPSA) is 12.0 Å². The lowest BCUT2D eigenvalue weighted by Gasteiger charge is -1.90. The lowest BCUT2D eigenvalue weighted by Crippen LogP contribution is -2.15. The van der Waals surface area contributed by atoms with Gasteiger partial charge in [0, 0.05) is 0 Å². The summed E-state index contributed by atoms with van der Waals surface area (Å²) >= 11 is 0. The maximum atomic E-state index is 3.20. The lowest BCUT2D eigenvalue weighted by atomic mass is 10.0. The smallest absolute Gasteiger partial charge is 0.197 e. The van der Waals surface area contributed by atoms with Crippen molar-refractivity contribution in [1.29, 1.82) is 0 Å². The van der Waals surface area contributed by atoms with Crippen LogP contribution < -0.4 is 5.23 Å². The fourth-order valence-electron chi connectivity index (χ4n) is 0.354.